The van der Waals surface area contributed by atoms with Gasteiger partial charge in [0.15, 0.2) is 5.82 Å². The molecule has 13 nitrogen and oxygen atoms in total. The highest BCUT2D eigenvalue weighted by Gasteiger charge is 2.49. The molecule has 4 aliphatic rings. The third-order valence-electron chi connectivity index (χ3n) is 10.1. The molecule has 4 fully saturated rings. The Bertz CT molecular complexity index is 1880. The lowest BCUT2D eigenvalue weighted by Gasteiger charge is -2.40. The first-order valence-electron chi connectivity index (χ1n) is 15.9. The average Bonchev–Trinajstić information content (AvgIpc) is 3.31. The van der Waals surface area contributed by atoms with Gasteiger partial charge in [-0.15, -0.1) is 0 Å². The number of aromatic nitrogens is 5. The highest BCUT2D eigenvalue weighted by atomic mass is 16.5. The number of ether oxygens (including phenoxy) is 1. The number of rotatable bonds is 9. The van der Waals surface area contributed by atoms with Crippen LogP contribution in [0.15, 0.2) is 42.7 Å². The smallest absolute Gasteiger partial charge is 0.404 e. The Kier molecular flexibility index (Phi) is 6.81. The van der Waals surface area contributed by atoms with Crippen LogP contribution >= 0.6 is 0 Å². The average molecular weight is 622 g/mol. The molecule has 2 saturated heterocycles. The van der Waals surface area contributed by atoms with E-state index in [4.69, 9.17) is 9.72 Å². The predicted molar refractivity (Wildman–Crippen MR) is 167 cm³/mol. The molecule has 5 heterocycles. The molecule has 3 aromatic heterocycles. The quantitative estimate of drug-likeness (QED) is 0.285. The van der Waals surface area contributed by atoms with Crippen molar-refractivity contribution in [3.8, 4) is 23.3 Å². The largest absolute Gasteiger partial charge is 0.494 e. The van der Waals surface area contributed by atoms with Crippen molar-refractivity contribution in [2.75, 3.05) is 31.6 Å². The lowest BCUT2D eigenvalue weighted by Crippen LogP contribution is -2.49. The van der Waals surface area contributed by atoms with E-state index < -0.39 is 6.09 Å². The second-order valence-corrected chi connectivity index (χ2v) is 13.0. The Morgan fingerprint density at radius 2 is 1.93 bits per heavy atom. The van der Waals surface area contributed by atoms with Crippen molar-refractivity contribution in [2.24, 2.45) is 17.8 Å². The van der Waals surface area contributed by atoms with E-state index in [9.17, 15) is 20.0 Å². The Balaban J connectivity index is 1.14. The van der Waals surface area contributed by atoms with Crippen LogP contribution in [0.4, 0.5) is 10.6 Å². The number of nitrogens with zero attached hydrogens (tertiary/aromatic N) is 8. The summed E-state index contributed by atoms with van der Waals surface area (Å²) in [4.78, 5) is 42.9. The topological polar surface area (TPSA) is 154 Å². The summed E-state index contributed by atoms with van der Waals surface area (Å²) in [6.45, 7) is 3.71. The van der Waals surface area contributed by atoms with E-state index in [1.807, 2.05) is 23.1 Å². The molecule has 4 aromatic rings. The first kappa shape index (κ1) is 28.4. The molecule has 0 unspecified atom stereocenters. The van der Waals surface area contributed by atoms with Gasteiger partial charge in [-0.2, -0.15) is 5.26 Å². The fraction of sp³-hybridized carbons (Fsp3) is 0.455. The fourth-order valence-electron chi connectivity index (χ4n) is 7.70. The van der Waals surface area contributed by atoms with Crippen molar-refractivity contribution < 1.29 is 19.4 Å². The zero-order valence-electron chi connectivity index (χ0n) is 25.5. The van der Waals surface area contributed by atoms with E-state index in [1.165, 1.54) is 12.8 Å². The number of carbonyl (C=O) groups is 2. The number of hydrogen-bond donors (Lipinski definition) is 2. The number of anilines is 1. The highest BCUT2D eigenvalue weighted by Crippen LogP contribution is 2.41. The maximum absolute atomic E-state index is 14.0. The normalized spacial score (nSPS) is 22.2. The maximum atomic E-state index is 14.0. The summed E-state index contributed by atoms with van der Waals surface area (Å²) in [7, 11) is 1.62. The standard InChI is InChI=1S/C33H35N9O4/c1-46-26-12-22(32(43)41-18-21-6-7-24(41)29(21)38-33(44)45)11-23-30(26)42(31(36-23)25-3-2-10-39(25)14-19-4-5-19)17-20-15-40(16-20)28-8-9-35-27(13-34)37-28/h2-3,8-12,19-21,24,29,38H,4-7,14-18H2,1H3,(H,44,45)/t21-,24-,29-/m1/s1. The molecule has 0 radical (unpaired) electrons. The van der Waals surface area contributed by atoms with Gasteiger partial charge in [-0.1, -0.05) is 0 Å². The van der Waals surface area contributed by atoms with Gasteiger partial charge in [0.25, 0.3) is 5.91 Å². The van der Waals surface area contributed by atoms with Gasteiger partial charge < -0.3 is 34.1 Å². The van der Waals surface area contributed by atoms with Crippen molar-refractivity contribution in [2.45, 2.75) is 50.9 Å². The monoisotopic (exact) mass is 621 g/mol. The van der Waals surface area contributed by atoms with Gasteiger partial charge in [0.1, 0.15) is 23.2 Å². The third kappa shape index (κ3) is 4.88. The fourth-order valence-corrected chi connectivity index (χ4v) is 7.70. The number of carboxylic acid groups (broad SMARTS) is 1. The molecule has 0 spiro atoms. The summed E-state index contributed by atoms with van der Waals surface area (Å²) in [6.07, 6.45) is 6.84. The molecule has 13 heteroatoms. The maximum Gasteiger partial charge on any atom is 0.404 e. The van der Waals surface area contributed by atoms with Crippen LogP contribution in [0.5, 0.6) is 5.75 Å². The van der Waals surface area contributed by atoms with Gasteiger partial charge in [0.2, 0.25) is 5.82 Å². The first-order valence-corrected chi connectivity index (χ1v) is 15.9. The second kappa shape index (κ2) is 11.0. The predicted octanol–water partition coefficient (Wildman–Crippen LogP) is 3.59. The molecule has 3 atom stereocenters. The second-order valence-electron chi connectivity index (χ2n) is 13.0. The van der Waals surface area contributed by atoms with Crippen molar-refractivity contribution in [3.05, 3.63) is 54.1 Å². The molecular formula is C33H35N9O4. The van der Waals surface area contributed by atoms with E-state index in [2.05, 4.69) is 47.6 Å². The van der Waals surface area contributed by atoms with E-state index in [0.29, 0.717) is 41.8 Å². The first-order chi connectivity index (χ1) is 22.4. The van der Waals surface area contributed by atoms with Crippen LogP contribution in [0.3, 0.4) is 0 Å². The number of imidazole rings is 1. The molecule has 1 aromatic carbocycles. The molecule has 236 valence electrons. The van der Waals surface area contributed by atoms with Crippen LogP contribution in [0.2, 0.25) is 0 Å². The number of carbonyl (C=O) groups excluding carboxylic acids is 1. The molecule has 46 heavy (non-hydrogen) atoms. The lowest BCUT2D eigenvalue weighted by molar-refractivity contribution is 0.0697. The Morgan fingerprint density at radius 3 is 2.70 bits per heavy atom. The number of methoxy groups -OCH3 is 1. The number of hydrogen-bond acceptors (Lipinski definition) is 8. The molecule has 2 N–H and O–H groups in total. The van der Waals surface area contributed by atoms with Gasteiger partial charge >= 0.3 is 6.09 Å². The molecule has 2 amide bonds. The number of likely N-dealkylation sites (tertiary alicyclic amines) is 1. The van der Waals surface area contributed by atoms with Gasteiger partial charge in [0, 0.05) is 56.6 Å². The molecule has 2 bridgehead atoms. The number of piperidine rings is 1. The van der Waals surface area contributed by atoms with Gasteiger partial charge in [-0.05, 0) is 67.9 Å². The van der Waals surface area contributed by atoms with Crippen molar-refractivity contribution in [1.29, 1.82) is 5.26 Å². The van der Waals surface area contributed by atoms with Gasteiger partial charge in [-0.25, -0.2) is 19.7 Å². The van der Waals surface area contributed by atoms with Crippen molar-refractivity contribution in [1.82, 2.24) is 34.3 Å². The number of amides is 2. The summed E-state index contributed by atoms with van der Waals surface area (Å²) < 4.78 is 10.5. The Morgan fingerprint density at radius 1 is 1.09 bits per heavy atom. The number of fused-ring (bicyclic) bond motifs is 3. The summed E-state index contributed by atoms with van der Waals surface area (Å²) in [5.41, 5.74) is 3.05. The molecule has 2 saturated carbocycles. The van der Waals surface area contributed by atoms with Crippen LogP contribution in [0, 0.1) is 29.1 Å². The van der Waals surface area contributed by atoms with E-state index in [1.54, 1.807) is 19.4 Å². The summed E-state index contributed by atoms with van der Waals surface area (Å²) >= 11 is 0. The minimum absolute atomic E-state index is 0.122. The Labute approximate surface area is 265 Å². The van der Waals surface area contributed by atoms with Crippen LogP contribution < -0.4 is 15.0 Å². The zero-order valence-corrected chi connectivity index (χ0v) is 25.5. The summed E-state index contributed by atoms with van der Waals surface area (Å²) in [6, 6.07) is 11.3. The lowest BCUT2D eigenvalue weighted by atomic mass is 9.99. The van der Waals surface area contributed by atoms with Gasteiger partial charge in [-0.3, -0.25) is 4.79 Å². The molecule has 8 rings (SSSR count). The van der Waals surface area contributed by atoms with Gasteiger partial charge in [0.05, 0.1) is 30.4 Å². The highest BCUT2D eigenvalue weighted by molar-refractivity contribution is 6.00. The molecule has 2 aliphatic heterocycles. The zero-order chi connectivity index (χ0) is 31.5. The van der Waals surface area contributed by atoms with Crippen LogP contribution in [0.1, 0.15) is 41.9 Å². The van der Waals surface area contributed by atoms with Crippen LogP contribution in [-0.4, -0.2) is 84.9 Å². The number of benzene rings is 1. The van der Waals surface area contributed by atoms with Crippen LogP contribution in [0.25, 0.3) is 22.6 Å². The van der Waals surface area contributed by atoms with E-state index in [0.717, 1.165) is 55.3 Å². The molecular weight excluding hydrogens is 586 g/mol. The molecule has 2 aliphatic carbocycles. The summed E-state index contributed by atoms with van der Waals surface area (Å²) in [5.74, 6) is 3.29. The van der Waals surface area contributed by atoms with Crippen molar-refractivity contribution >= 4 is 28.9 Å². The van der Waals surface area contributed by atoms with E-state index in [-0.39, 0.29) is 29.7 Å². The minimum atomic E-state index is -1.05. The minimum Gasteiger partial charge on any atom is -0.494 e. The Hall–Kier alpha value is -5.12. The number of nitrogens with one attached hydrogen (secondary N) is 1. The SMILES string of the molecule is COc1cc(C(=O)N2C[C@H]3CC[C@@H]2[C@@H]3NC(=O)O)cc2nc(-c3cccn3CC3CC3)n(CC3CN(c4ccnc(C#N)n4)C3)c12. The van der Waals surface area contributed by atoms with E-state index >= 15 is 0 Å². The number of nitriles is 1. The summed E-state index contributed by atoms with van der Waals surface area (Å²) in [5, 5.41) is 21.2. The van der Waals surface area contributed by atoms with Crippen molar-refractivity contribution in [3.63, 3.8) is 0 Å². The third-order valence-corrected chi connectivity index (χ3v) is 10.1. The van der Waals surface area contributed by atoms with Crippen LogP contribution in [-0.2, 0) is 13.1 Å².